The smallest absolute Gasteiger partial charge is 0.181 e. The summed E-state index contributed by atoms with van der Waals surface area (Å²) in [6.45, 7) is 3.50. The largest absolute Gasteiger partial charge is 0.443 e. The van der Waals surface area contributed by atoms with Crippen molar-refractivity contribution < 1.29 is 12.8 Å². The van der Waals surface area contributed by atoms with E-state index in [9.17, 15) is 8.42 Å². The minimum Gasteiger partial charge on any atom is -0.443 e. The Labute approximate surface area is 132 Å². The second-order valence-corrected chi connectivity index (χ2v) is 8.76. The van der Waals surface area contributed by atoms with Crippen LogP contribution in [0.3, 0.4) is 0 Å². The van der Waals surface area contributed by atoms with Gasteiger partial charge in [0.25, 0.3) is 0 Å². The molecule has 22 heavy (non-hydrogen) atoms. The molecular weight excluding hydrogens is 298 g/mol. The summed E-state index contributed by atoms with van der Waals surface area (Å²) < 4.78 is 28.6. The molecule has 4 nitrogen and oxygen atoms in total. The van der Waals surface area contributed by atoms with Crippen LogP contribution in [0.25, 0.3) is 11.1 Å². The molecule has 0 fully saturated rings. The predicted octanol–water partition coefficient (Wildman–Crippen LogP) is 4.14. The molecule has 0 radical (unpaired) electrons. The van der Waals surface area contributed by atoms with E-state index in [-0.39, 0.29) is 5.25 Å². The fourth-order valence-electron chi connectivity index (χ4n) is 2.46. The van der Waals surface area contributed by atoms with Crippen molar-refractivity contribution in [3.05, 3.63) is 30.2 Å². The zero-order valence-corrected chi connectivity index (χ0v) is 14.2. The fraction of sp³-hybridized carbons (Fsp3) is 0.588. The van der Waals surface area contributed by atoms with Crippen LogP contribution in [-0.4, -0.2) is 24.4 Å². The molecule has 1 aromatic heterocycles. The standard InChI is InChI=1S/C17H25NO3S/c1-14(2)22(19,20)11-7-5-3-4-6-8-15-9-10-17-16(12-15)18-13-21-17/h9-10,12-14H,3-8,11H2,1-2H3. The van der Waals surface area contributed by atoms with Crippen LogP contribution in [0.4, 0.5) is 0 Å². The number of benzene rings is 1. The van der Waals surface area contributed by atoms with Gasteiger partial charge in [0.1, 0.15) is 5.52 Å². The van der Waals surface area contributed by atoms with Gasteiger partial charge in [-0.05, 0) is 50.8 Å². The lowest BCUT2D eigenvalue weighted by atomic mass is 10.1. The van der Waals surface area contributed by atoms with Crippen molar-refractivity contribution in [3.63, 3.8) is 0 Å². The first kappa shape index (κ1) is 17.0. The van der Waals surface area contributed by atoms with E-state index >= 15 is 0 Å². The summed E-state index contributed by atoms with van der Waals surface area (Å²) in [6, 6.07) is 6.13. The lowest BCUT2D eigenvalue weighted by molar-refractivity contribution is 0.577. The Kier molecular flexibility index (Phi) is 6.00. The summed E-state index contributed by atoms with van der Waals surface area (Å²) in [4.78, 5) is 4.16. The topological polar surface area (TPSA) is 60.2 Å². The Morgan fingerprint density at radius 3 is 2.59 bits per heavy atom. The molecule has 0 spiro atoms. The molecule has 2 rings (SSSR count). The SMILES string of the molecule is CC(C)S(=O)(=O)CCCCCCCc1ccc2ocnc2c1. The van der Waals surface area contributed by atoms with Gasteiger partial charge in [-0.3, -0.25) is 0 Å². The van der Waals surface area contributed by atoms with Crippen molar-refractivity contribution in [2.75, 3.05) is 5.75 Å². The number of unbranched alkanes of at least 4 members (excludes halogenated alkanes) is 4. The van der Waals surface area contributed by atoms with Gasteiger partial charge in [-0.25, -0.2) is 13.4 Å². The van der Waals surface area contributed by atoms with Crippen molar-refractivity contribution in [1.29, 1.82) is 0 Å². The number of aryl methyl sites for hydroxylation is 1. The van der Waals surface area contributed by atoms with Crippen LogP contribution in [0.5, 0.6) is 0 Å². The molecule has 5 heteroatoms. The van der Waals surface area contributed by atoms with Crippen LogP contribution in [0.2, 0.25) is 0 Å². The highest BCUT2D eigenvalue weighted by atomic mass is 32.2. The minimum absolute atomic E-state index is 0.251. The maximum absolute atomic E-state index is 11.7. The number of oxazole rings is 1. The zero-order valence-electron chi connectivity index (χ0n) is 13.4. The molecule has 122 valence electrons. The van der Waals surface area contributed by atoms with Crippen LogP contribution < -0.4 is 0 Å². The van der Waals surface area contributed by atoms with Gasteiger partial charge >= 0.3 is 0 Å². The molecule has 0 saturated carbocycles. The Bertz CT molecular complexity index is 689. The number of rotatable bonds is 9. The third kappa shape index (κ3) is 4.83. The van der Waals surface area contributed by atoms with Crippen LogP contribution in [0.1, 0.15) is 51.5 Å². The maximum atomic E-state index is 11.7. The lowest BCUT2D eigenvalue weighted by Crippen LogP contribution is -2.17. The third-order valence-corrected chi connectivity index (χ3v) is 6.30. The van der Waals surface area contributed by atoms with E-state index in [1.807, 2.05) is 6.07 Å². The van der Waals surface area contributed by atoms with E-state index in [0.717, 1.165) is 49.6 Å². The van der Waals surface area contributed by atoms with Gasteiger partial charge in [0.2, 0.25) is 0 Å². The first-order chi connectivity index (χ1) is 10.5. The molecule has 0 bridgehead atoms. The molecule has 0 aliphatic heterocycles. The van der Waals surface area contributed by atoms with Crippen molar-refractivity contribution >= 4 is 20.9 Å². The molecule has 0 amide bonds. The second kappa shape index (κ2) is 7.77. The summed E-state index contributed by atoms with van der Waals surface area (Å²) in [6.07, 6.45) is 7.64. The first-order valence-electron chi connectivity index (χ1n) is 8.03. The van der Waals surface area contributed by atoms with Gasteiger partial charge in [0.05, 0.1) is 11.0 Å². The van der Waals surface area contributed by atoms with Crippen LogP contribution in [0, 0.1) is 0 Å². The zero-order chi connectivity index (χ0) is 16.0. The van der Waals surface area contributed by atoms with E-state index in [4.69, 9.17) is 4.42 Å². The number of fused-ring (bicyclic) bond motifs is 1. The van der Waals surface area contributed by atoms with Gasteiger partial charge in [-0.15, -0.1) is 0 Å². The molecule has 1 heterocycles. The van der Waals surface area contributed by atoms with Crippen molar-refractivity contribution in [3.8, 4) is 0 Å². The summed E-state index contributed by atoms with van der Waals surface area (Å²) in [5, 5.41) is -0.251. The highest BCUT2D eigenvalue weighted by Gasteiger charge is 2.14. The molecule has 1 aromatic carbocycles. The molecule has 2 aromatic rings. The molecule has 0 N–H and O–H groups in total. The first-order valence-corrected chi connectivity index (χ1v) is 9.74. The number of nitrogens with zero attached hydrogens (tertiary/aromatic N) is 1. The number of sulfone groups is 1. The third-order valence-electron chi connectivity index (χ3n) is 4.01. The second-order valence-electron chi connectivity index (χ2n) is 6.09. The van der Waals surface area contributed by atoms with Crippen molar-refractivity contribution in [2.45, 2.75) is 57.6 Å². The van der Waals surface area contributed by atoms with E-state index in [0.29, 0.717) is 5.75 Å². The number of aromatic nitrogens is 1. The van der Waals surface area contributed by atoms with Gasteiger partial charge in [0.15, 0.2) is 21.8 Å². The summed E-state index contributed by atoms with van der Waals surface area (Å²) in [5.41, 5.74) is 3.02. The van der Waals surface area contributed by atoms with Crippen LogP contribution >= 0.6 is 0 Å². The molecular formula is C17H25NO3S. The van der Waals surface area contributed by atoms with Gasteiger partial charge in [-0.1, -0.05) is 25.3 Å². The molecule has 0 aliphatic rings. The summed E-state index contributed by atoms with van der Waals surface area (Å²) in [7, 11) is -2.87. The Balaban J connectivity index is 1.61. The highest BCUT2D eigenvalue weighted by molar-refractivity contribution is 7.91. The lowest BCUT2D eigenvalue weighted by Gasteiger charge is -2.07. The van der Waals surface area contributed by atoms with E-state index in [1.54, 1.807) is 13.8 Å². The average molecular weight is 323 g/mol. The Hall–Kier alpha value is -1.36. The van der Waals surface area contributed by atoms with E-state index in [2.05, 4.69) is 17.1 Å². The maximum Gasteiger partial charge on any atom is 0.181 e. The summed E-state index contributed by atoms with van der Waals surface area (Å²) >= 11 is 0. The average Bonchev–Trinajstić information content (AvgIpc) is 2.93. The van der Waals surface area contributed by atoms with E-state index in [1.165, 1.54) is 12.0 Å². The van der Waals surface area contributed by atoms with Crippen molar-refractivity contribution in [1.82, 2.24) is 4.98 Å². The predicted molar refractivity (Wildman–Crippen MR) is 89.7 cm³/mol. The summed E-state index contributed by atoms with van der Waals surface area (Å²) in [5.74, 6) is 0.327. The number of hydrogen-bond acceptors (Lipinski definition) is 4. The Morgan fingerprint density at radius 1 is 1.09 bits per heavy atom. The Morgan fingerprint density at radius 2 is 1.82 bits per heavy atom. The van der Waals surface area contributed by atoms with Crippen molar-refractivity contribution in [2.24, 2.45) is 0 Å². The molecule has 0 atom stereocenters. The van der Waals surface area contributed by atoms with Crippen LogP contribution in [0.15, 0.2) is 29.0 Å². The quantitative estimate of drug-likeness (QED) is 0.651. The van der Waals surface area contributed by atoms with Gasteiger partial charge < -0.3 is 4.42 Å². The fourth-order valence-corrected chi connectivity index (χ4v) is 3.54. The molecule has 0 unspecified atom stereocenters. The van der Waals surface area contributed by atoms with E-state index < -0.39 is 9.84 Å². The molecule has 0 saturated heterocycles. The number of hydrogen-bond donors (Lipinski definition) is 0. The van der Waals surface area contributed by atoms with Gasteiger partial charge in [0, 0.05) is 0 Å². The normalized spacial score (nSPS) is 12.3. The van der Waals surface area contributed by atoms with Crippen LogP contribution in [-0.2, 0) is 16.3 Å². The van der Waals surface area contributed by atoms with Gasteiger partial charge in [-0.2, -0.15) is 0 Å². The highest BCUT2D eigenvalue weighted by Crippen LogP contribution is 2.16. The minimum atomic E-state index is -2.87. The monoisotopic (exact) mass is 323 g/mol. The molecule has 0 aliphatic carbocycles.